The number of rotatable bonds is 8. The van der Waals surface area contributed by atoms with Gasteiger partial charge in [-0.05, 0) is 30.6 Å². The molecule has 0 N–H and O–H groups in total. The minimum absolute atomic E-state index is 0.0694. The first kappa shape index (κ1) is 22.6. The minimum Gasteiger partial charge on any atom is -0.466 e. The summed E-state index contributed by atoms with van der Waals surface area (Å²) in [5.74, 6) is -0.221. The van der Waals surface area contributed by atoms with E-state index in [4.69, 9.17) is 9.16 Å². The van der Waals surface area contributed by atoms with Crippen molar-refractivity contribution in [3.8, 4) is 0 Å². The molecule has 1 heterocycles. The Bertz CT molecular complexity index is 669. The van der Waals surface area contributed by atoms with Crippen LogP contribution in [0.3, 0.4) is 0 Å². The number of benzene rings is 1. The summed E-state index contributed by atoms with van der Waals surface area (Å²) in [4.78, 5) is 26.8. The molecular weight excluding hydrogens is 370 g/mol. The molecule has 1 aliphatic heterocycles. The number of carbonyl (C=O) groups excluding carboxylic acids is 2. The lowest BCUT2D eigenvalue weighted by atomic mass is 9.97. The molecule has 1 aromatic rings. The van der Waals surface area contributed by atoms with E-state index in [0.717, 1.165) is 5.56 Å². The van der Waals surface area contributed by atoms with Gasteiger partial charge >= 0.3 is 5.97 Å². The summed E-state index contributed by atoms with van der Waals surface area (Å²) >= 11 is 0. The van der Waals surface area contributed by atoms with E-state index < -0.39 is 8.32 Å². The van der Waals surface area contributed by atoms with E-state index in [1.54, 1.807) is 6.92 Å². The first-order valence-electron chi connectivity index (χ1n) is 10.2. The molecule has 1 aromatic carbocycles. The van der Waals surface area contributed by atoms with Crippen molar-refractivity contribution >= 4 is 20.2 Å². The predicted molar refractivity (Wildman–Crippen MR) is 113 cm³/mol. The largest absolute Gasteiger partial charge is 0.466 e. The quantitative estimate of drug-likeness (QED) is 0.476. The lowest BCUT2D eigenvalue weighted by Gasteiger charge is -2.38. The van der Waals surface area contributed by atoms with Crippen molar-refractivity contribution in [3.63, 3.8) is 0 Å². The number of amides is 1. The third-order valence-corrected chi connectivity index (χ3v) is 10.6. The lowest BCUT2D eigenvalue weighted by Crippen LogP contribution is -2.46. The van der Waals surface area contributed by atoms with Gasteiger partial charge in [0.1, 0.15) is 0 Å². The van der Waals surface area contributed by atoms with Crippen LogP contribution in [0.5, 0.6) is 0 Å². The van der Waals surface area contributed by atoms with E-state index in [2.05, 4.69) is 33.9 Å². The van der Waals surface area contributed by atoms with Gasteiger partial charge in [-0.25, -0.2) is 0 Å². The van der Waals surface area contributed by atoms with Crippen molar-refractivity contribution < 1.29 is 18.8 Å². The Morgan fingerprint density at radius 2 is 1.86 bits per heavy atom. The van der Waals surface area contributed by atoms with Crippen molar-refractivity contribution in [1.82, 2.24) is 4.90 Å². The van der Waals surface area contributed by atoms with Gasteiger partial charge in [-0.3, -0.25) is 9.59 Å². The van der Waals surface area contributed by atoms with Gasteiger partial charge in [0.05, 0.1) is 25.7 Å². The molecule has 0 saturated carbocycles. The molecule has 0 aliphatic carbocycles. The normalized spacial score (nSPS) is 20.5. The zero-order chi connectivity index (χ0) is 20.9. The molecule has 0 radical (unpaired) electrons. The van der Waals surface area contributed by atoms with Crippen LogP contribution in [0.4, 0.5) is 0 Å². The van der Waals surface area contributed by atoms with E-state index in [0.29, 0.717) is 26.2 Å². The van der Waals surface area contributed by atoms with E-state index in [9.17, 15) is 9.59 Å². The molecular formula is C22H35NO4Si. The summed E-state index contributed by atoms with van der Waals surface area (Å²) in [7, 11) is -1.95. The second kappa shape index (κ2) is 9.22. The van der Waals surface area contributed by atoms with Crippen LogP contribution >= 0.6 is 0 Å². The fraction of sp³-hybridized carbons (Fsp3) is 0.636. The summed E-state index contributed by atoms with van der Waals surface area (Å²) in [6.07, 6.45) is 0.633. The van der Waals surface area contributed by atoms with Gasteiger partial charge in [0.15, 0.2) is 8.32 Å². The van der Waals surface area contributed by atoms with Crippen molar-refractivity contribution in [1.29, 1.82) is 0 Å². The first-order chi connectivity index (χ1) is 13.0. The maximum Gasteiger partial charge on any atom is 0.306 e. The Morgan fingerprint density at radius 3 is 2.43 bits per heavy atom. The molecule has 0 unspecified atom stereocenters. The number of likely N-dealkylation sites (tertiary alicyclic amines) is 1. The number of nitrogens with zero attached hydrogens (tertiary/aromatic N) is 1. The standard InChI is InChI=1S/C22H35NO4Si/c1-7-26-21(25)14-18-13-20(24)23(15-17-11-9-8-10-12-17)19(18)16-27-28(5,6)22(2,3)4/h8-12,18-19H,7,13-16H2,1-6H3/t18-,19-/m0/s1. The highest BCUT2D eigenvalue weighted by atomic mass is 28.4. The van der Waals surface area contributed by atoms with Crippen molar-refractivity contribution in [2.75, 3.05) is 13.2 Å². The number of carbonyl (C=O) groups is 2. The molecule has 1 saturated heterocycles. The van der Waals surface area contributed by atoms with Gasteiger partial charge in [0.2, 0.25) is 5.91 Å². The third-order valence-electron chi connectivity index (χ3n) is 6.05. The highest BCUT2D eigenvalue weighted by Crippen LogP contribution is 2.38. The van der Waals surface area contributed by atoms with E-state index in [-0.39, 0.29) is 35.3 Å². The lowest BCUT2D eigenvalue weighted by molar-refractivity contribution is -0.144. The molecule has 0 spiro atoms. The average molecular weight is 406 g/mol. The zero-order valence-corrected chi connectivity index (χ0v) is 19.2. The molecule has 1 aliphatic rings. The monoisotopic (exact) mass is 405 g/mol. The highest BCUT2D eigenvalue weighted by Gasteiger charge is 2.44. The molecule has 28 heavy (non-hydrogen) atoms. The van der Waals surface area contributed by atoms with Gasteiger partial charge in [0.25, 0.3) is 0 Å². The fourth-order valence-electron chi connectivity index (χ4n) is 3.28. The average Bonchev–Trinajstić information content (AvgIpc) is 2.88. The van der Waals surface area contributed by atoms with Crippen LogP contribution in [0.25, 0.3) is 0 Å². The summed E-state index contributed by atoms with van der Waals surface area (Å²) in [6, 6.07) is 9.87. The summed E-state index contributed by atoms with van der Waals surface area (Å²) in [5, 5.41) is 0.0938. The molecule has 2 rings (SSSR count). The van der Waals surface area contributed by atoms with Crippen LogP contribution in [0.2, 0.25) is 18.1 Å². The highest BCUT2D eigenvalue weighted by molar-refractivity contribution is 6.74. The van der Waals surface area contributed by atoms with Crippen LogP contribution < -0.4 is 0 Å². The number of esters is 1. The third kappa shape index (κ3) is 5.67. The Balaban J connectivity index is 2.18. The van der Waals surface area contributed by atoms with Gasteiger partial charge < -0.3 is 14.1 Å². The molecule has 0 aromatic heterocycles. The van der Waals surface area contributed by atoms with Gasteiger partial charge in [-0.15, -0.1) is 0 Å². The fourth-order valence-corrected chi connectivity index (χ4v) is 4.30. The zero-order valence-electron chi connectivity index (χ0n) is 18.2. The number of ether oxygens (including phenoxy) is 1. The topological polar surface area (TPSA) is 55.8 Å². The number of hydrogen-bond acceptors (Lipinski definition) is 4. The van der Waals surface area contributed by atoms with E-state index in [1.807, 2.05) is 35.2 Å². The van der Waals surface area contributed by atoms with Crippen LogP contribution in [-0.2, 0) is 25.3 Å². The maximum absolute atomic E-state index is 12.8. The number of hydrogen-bond donors (Lipinski definition) is 0. The van der Waals surface area contributed by atoms with Gasteiger partial charge in [-0.2, -0.15) is 0 Å². The Kier molecular flexibility index (Phi) is 7.45. The molecule has 6 heteroatoms. The predicted octanol–water partition coefficient (Wildman–Crippen LogP) is 4.38. The Hall–Kier alpha value is -1.66. The van der Waals surface area contributed by atoms with Crippen LogP contribution in [0.15, 0.2) is 30.3 Å². The second-order valence-corrected chi connectivity index (χ2v) is 13.9. The SMILES string of the molecule is CCOC(=O)C[C@@H]1CC(=O)N(Cc2ccccc2)[C@H]1CO[Si](C)(C)C(C)(C)C. The summed E-state index contributed by atoms with van der Waals surface area (Å²) < 4.78 is 11.6. The summed E-state index contributed by atoms with van der Waals surface area (Å²) in [6.45, 7) is 14.2. The first-order valence-corrected chi connectivity index (χ1v) is 13.1. The maximum atomic E-state index is 12.8. The van der Waals surface area contributed by atoms with Gasteiger partial charge in [0, 0.05) is 18.9 Å². The molecule has 156 valence electrons. The van der Waals surface area contributed by atoms with Crippen molar-refractivity contribution in [2.24, 2.45) is 5.92 Å². The molecule has 1 amide bonds. The van der Waals surface area contributed by atoms with E-state index in [1.165, 1.54) is 0 Å². The minimum atomic E-state index is -1.95. The molecule has 0 bridgehead atoms. The van der Waals surface area contributed by atoms with Crippen molar-refractivity contribution in [3.05, 3.63) is 35.9 Å². The Morgan fingerprint density at radius 1 is 1.21 bits per heavy atom. The van der Waals surface area contributed by atoms with Crippen LogP contribution in [0.1, 0.15) is 46.1 Å². The van der Waals surface area contributed by atoms with Crippen LogP contribution in [0, 0.1) is 5.92 Å². The molecule has 1 fully saturated rings. The van der Waals surface area contributed by atoms with Gasteiger partial charge in [-0.1, -0.05) is 51.1 Å². The van der Waals surface area contributed by atoms with Crippen LogP contribution in [-0.4, -0.2) is 44.3 Å². The summed E-state index contributed by atoms with van der Waals surface area (Å²) in [5.41, 5.74) is 1.09. The second-order valence-electron chi connectivity index (χ2n) is 9.12. The smallest absolute Gasteiger partial charge is 0.306 e. The molecule has 2 atom stereocenters. The van der Waals surface area contributed by atoms with E-state index >= 15 is 0 Å². The Labute approximate surface area is 170 Å². The molecule has 5 nitrogen and oxygen atoms in total. The van der Waals surface area contributed by atoms with Crippen molar-refractivity contribution in [2.45, 2.75) is 71.3 Å².